The molecule has 0 aromatic carbocycles. The summed E-state index contributed by atoms with van der Waals surface area (Å²) in [7, 11) is 0. The number of fused-ring (bicyclic) bond motifs is 1. The molecule has 29 heavy (non-hydrogen) atoms. The predicted molar refractivity (Wildman–Crippen MR) is 115 cm³/mol. The lowest BCUT2D eigenvalue weighted by Crippen LogP contribution is -2.57. The summed E-state index contributed by atoms with van der Waals surface area (Å²) < 4.78 is 43.0. The number of piperazine rings is 1. The largest absolute Gasteiger partial charge is 0.444 e. The van der Waals surface area contributed by atoms with Gasteiger partial charge in [0.2, 0.25) is 0 Å². The standard InChI is InChI=1S/C18H30F3N5O2.HI/c1-17(2,3)28-16(27)25-6-7-26-14(11-25)9-23-15(26)22-8-13-4-5-24(10-13)12-18(19,20)21;/h13-14H,4-12H2,1-3H3,(H,22,23);1H. The molecule has 11 heteroatoms. The van der Waals surface area contributed by atoms with Crippen LogP contribution in [0.5, 0.6) is 0 Å². The zero-order chi connectivity index (χ0) is 20.5. The Morgan fingerprint density at radius 3 is 2.59 bits per heavy atom. The average Bonchev–Trinajstić information content (AvgIpc) is 3.15. The van der Waals surface area contributed by atoms with Crippen molar-refractivity contribution in [3.8, 4) is 0 Å². The minimum atomic E-state index is -4.14. The molecule has 3 aliphatic heterocycles. The summed E-state index contributed by atoms with van der Waals surface area (Å²) in [6.07, 6.45) is -3.69. The molecule has 0 aromatic heterocycles. The minimum absolute atomic E-state index is 0. The molecule has 168 valence electrons. The molecule has 0 bridgehead atoms. The number of carbonyl (C=O) groups is 1. The molecule has 1 N–H and O–H groups in total. The van der Waals surface area contributed by atoms with Crippen LogP contribution in [0.15, 0.2) is 4.99 Å². The Kier molecular flexibility index (Phi) is 7.91. The van der Waals surface area contributed by atoms with E-state index in [-0.39, 0.29) is 42.0 Å². The second-order valence-electron chi connectivity index (χ2n) is 8.82. The lowest BCUT2D eigenvalue weighted by molar-refractivity contribution is -0.143. The zero-order valence-electron chi connectivity index (χ0n) is 17.2. The van der Waals surface area contributed by atoms with E-state index in [1.165, 1.54) is 4.90 Å². The molecular formula is C18H31F3IN5O2. The molecule has 2 saturated heterocycles. The van der Waals surface area contributed by atoms with Gasteiger partial charge >= 0.3 is 12.3 Å². The normalized spacial score (nSPS) is 25.4. The van der Waals surface area contributed by atoms with Gasteiger partial charge in [0.1, 0.15) is 5.60 Å². The van der Waals surface area contributed by atoms with Crippen LogP contribution in [-0.2, 0) is 4.74 Å². The van der Waals surface area contributed by atoms with Gasteiger partial charge in [-0.3, -0.25) is 9.89 Å². The zero-order valence-corrected chi connectivity index (χ0v) is 19.5. The number of hydrogen-bond acceptors (Lipinski definition) is 6. The van der Waals surface area contributed by atoms with Crippen LogP contribution >= 0.6 is 24.0 Å². The Bertz CT molecular complexity index is 611. The smallest absolute Gasteiger partial charge is 0.410 e. The molecule has 2 unspecified atom stereocenters. The number of rotatable bonds is 3. The Morgan fingerprint density at radius 2 is 1.93 bits per heavy atom. The van der Waals surface area contributed by atoms with E-state index in [0.29, 0.717) is 45.8 Å². The number of alkyl halides is 3. The van der Waals surface area contributed by atoms with Gasteiger partial charge in [0.25, 0.3) is 0 Å². The maximum atomic E-state index is 12.5. The van der Waals surface area contributed by atoms with Gasteiger partial charge in [-0.1, -0.05) is 0 Å². The summed E-state index contributed by atoms with van der Waals surface area (Å²) in [6, 6.07) is 0.120. The molecule has 1 amide bonds. The average molecular weight is 533 g/mol. The highest BCUT2D eigenvalue weighted by atomic mass is 127. The molecule has 0 saturated carbocycles. The number of amides is 1. The monoisotopic (exact) mass is 533 g/mol. The van der Waals surface area contributed by atoms with Crippen LogP contribution in [0.2, 0.25) is 0 Å². The van der Waals surface area contributed by atoms with Crippen LogP contribution in [0.3, 0.4) is 0 Å². The maximum absolute atomic E-state index is 12.5. The summed E-state index contributed by atoms with van der Waals surface area (Å²) >= 11 is 0. The number of nitrogens with zero attached hydrogens (tertiary/aromatic N) is 4. The van der Waals surface area contributed by atoms with E-state index in [4.69, 9.17) is 4.74 Å². The number of nitrogens with one attached hydrogen (secondary N) is 1. The third-order valence-electron chi connectivity index (χ3n) is 5.18. The molecule has 7 nitrogen and oxygen atoms in total. The van der Waals surface area contributed by atoms with Crippen molar-refractivity contribution in [2.24, 2.45) is 10.9 Å². The van der Waals surface area contributed by atoms with Gasteiger partial charge in [-0.15, -0.1) is 24.0 Å². The van der Waals surface area contributed by atoms with Crippen LogP contribution in [0.1, 0.15) is 27.2 Å². The summed E-state index contributed by atoms with van der Waals surface area (Å²) in [5, 5.41) is 3.32. The third kappa shape index (κ3) is 7.04. The van der Waals surface area contributed by atoms with Crippen molar-refractivity contribution in [3.05, 3.63) is 0 Å². The number of ether oxygens (including phenoxy) is 1. The maximum Gasteiger partial charge on any atom is 0.410 e. The van der Waals surface area contributed by atoms with Crippen LogP contribution in [0, 0.1) is 5.92 Å². The van der Waals surface area contributed by atoms with Crippen LogP contribution in [0.25, 0.3) is 0 Å². The quantitative estimate of drug-likeness (QED) is 0.565. The van der Waals surface area contributed by atoms with Gasteiger partial charge in [0.15, 0.2) is 5.96 Å². The number of carbonyl (C=O) groups excluding carboxylic acids is 1. The van der Waals surface area contributed by atoms with Crippen molar-refractivity contribution in [1.82, 2.24) is 20.0 Å². The molecular weight excluding hydrogens is 502 g/mol. The molecule has 0 spiro atoms. The summed E-state index contributed by atoms with van der Waals surface area (Å²) in [5.74, 6) is 0.982. The Balaban J connectivity index is 0.00000300. The van der Waals surface area contributed by atoms with E-state index in [1.807, 2.05) is 20.8 Å². The Labute approximate surface area is 187 Å². The fourth-order valence-corrected chi connectivity index (χ4v) is 3.94. The van der Waals surface area contributed by atoms with Crippen LogP contribution in [0.4, 0.5) is 18.0 Å². The van der Waals surface area contributed by atoms with Gasteiger partial charge in [-0.2, -0.15) is 13.2 Å². The van der Waals surface area contributed by atoms with Crippen LogP contribution < -0.4 is 5.32 Å². The topological polar surface area (TPSA) is 60.4 Å². The number of halogens is 4. The third-order valence-corrected chi connectivity index (χ3v) is 5.18. The van der Waals surface area contributed by atoms with Gasteiger partial charge in [0, 0.05) is 32.7 Å². The summed E-state index contributed by atoms with van der Waals surface area (Å²) in [4.78, 5) is 22.1. The fourth-order valence-electron chi connectivity index (χ4n) is 3.94. The van der Waals surface area contributed by atoms with Crippen molar-refractivity contribution in [2.45, 2.75) is 45.0 Å². The van der Waals surface area contributed by atoms with Crippen molar-refractivity contribution in [2.75, 3.05) is 52.4 Å². The molecule has 3 rings (SSSR count). The molecule has 2 fully saturated rings. The predicted octanol–water partition coefficient (Wildman–Crippen LogP) is 2.37. The van der Waals surface area contributed by atoms with Crippen molar-refractivity contribution in [3.63, 3.8) is 0 Å². The highest BCUT2D eigenvalue weighted by Crippen LogP contribution is 2.23. The van der Waals surface area contributed by atoms with Gasteiger partial charge in [-0.05, 0) is 39.7 Å². The van der Waals surface area contributed by atoms with Crippen molar-refractivity contribution >= 4 is 36.0 Å². The summed E-state index contributed by atoms with van der Waals surface area (Å²) in [6.45, 7) is 8.66. The van der Waals surface area contributed by atoms with E-state index >= 15 is 0 Å². The Hall–Kier alpha value is -0.980. The van der Waals surface area contributed by atoms with E-state index in [9.17, 15) is 18.0 Å². The van der Waals surface area contributed by atoms with E-state index in [2.05, 4.69) is 15.2 Å². The van der Waals surface area contributed by atoms with Gasteiger partial charge in [-0.25, -0.2) is 4.79 Å². The molecule has 2 atom stereocenters. The second kappa shape index (κ2) is 9.44. The first-order chi connectivity index (χ1) is 13.0. The van der Waals surface area contributed by atoms with E-state index < -0.39 is 18.3 Å². The lowest BCUT2D eigenvalue weighted by Gasteiger charge is -2.39. The number of guanidine groups is 1. The first-order valence-corrected chi connectivity index (χ1v) is 9.82. The highest BCUT2D eigenvalue weighted by molar-refractivity contribution is 14.0. The molecule has 0 aromatic rings. The lowest BCUT2D eigenvalue weighted by atomic mass is 10.1. The van der Waals surface area contributed by atoms with Crippen molar-refractivity contribution in [1.29, 1.82) is 0 Å². The first kappa shape index (κ1) is 24.3. The fraction of sp³-hybridized carbons (Fsp3) is 0.889. The van der Waals surface area contributed by atoms with E-state index in [1.54, 1.807) is 4.90 Å². The van der Waals surface area contributed by atoms with Gasteiger partial charge < -0.3 is 19.9 Å². The second-order valence-corrected chi connectivity index (χ2v) is 8.82. The Morgan fingerprint density at radius 1 is 1.21 bits per heavy atom. The SMILES string of the molecule is CC(C)(C)OC(=O)N1CCN2C(NCC3CCN(CC(F)(F)F)C3)=NCC2C1.I. The van der Waals surface area contributed by atoms with Crippen LogP contribution in [-0.4, -0.2) is 96.9 Å². The molecule has 0 radical (unpaired) electrons. The minimum Gasteiger partial charge on any atom is -0.444 e. The molecule has 0 aliphatic carbocycles. The number of hydrogen-bond donors (Lipinski definition) is 1. The molecule has 3 aliphatic rings. The van der Waals surface area contributed by atoms with E-state index in [0.717, 1.165) is 12.4 Å². The highest BCUT2D eigenvalue weighted by Gasteiger charge is 2.37. The van der Waals surface area contributed by atoms with Gasteiger partial charge in [0.05, 0.1) is 19.1 Å². The first-order valence-electron chi connectivity index (χ1n) is 9.82. The number of likely N-dealkylation sites (tertiary alicyclic amines) is 1. The number of aliphatic imine (C=N–C) groups is 1. The molecule has 3 heterocycles. The van der Waals surface area contributed by atoms with Crippen molar-refractivity contribution < 1.29 is 22.7 Å². The summed E-state index contributed by atoms with van der Waals surface area (Å²) in [5.41, 5.74) is -0.519.